The number of methoxy groups -OCH3 is 1. The zero-order valence-electron chi connectivity index (χ0n) is 13.5. The first-order valence-electron chi connectivity index (χ1n) is 7.51. The topological polar surface area (TPSA) is 77.1 Å². The van der Waals surface area contributed by atoms with E-state index in [-0.39, 0.29) is 18.3 Å². The third-order valence-electron chi connectivity index (χ3n) is 3.47. The lowest BCUT2D eigenvalue weighted by molar-refractivity contribution is 0.0830. The highest BCUT2D eigenvalue weighted by Crippen LogP contribution is 2.27. The van der Waals surface area contributed by atoms with Crippen LogP contribution >= 0.6 is 11.8 Å². The summed E-state index contributed by atoms with van der Waals surface area (Å²) in [6.07, 6.45) is 0. The lowest BCUT2D eigenvalue weighted by atomic mass is 10.3. The number of fused-ring (bicyclic) bond motifs is 1. The van der Waals surface area contributed by atoms with Gasteiger partial charge in [0.05, 0.1) is 30.0 Å². The maximum atomic E-state index is 12.7. The highest BCUT2D eigenvalue weighted by atomic mass is 32.2. The number of carbonyl (C=O) groups excluding carboxylic acids is 1. The highest BCUT2D eigenvalue weighted by molar-refractivity contribution is 7.99. The summed E-state index contributed by atoms with van der Waals surface area (Å²) in [6, 6.07) is 16.5. The van der Waals surface area contributed by atoms with Crippen LogP contribution in [0.3, 0.4) is 0 Å². The summed E-state index contributed by atoms with van der Waals surface area (Å²) in [5, 5.41) is 9.29. The molecule has 0 atom stereocenters. The number of carbonyl (C=O) groups is 1. The molecular formula is C18H15N3O3S. The fourth-order valence-electron chi connectivity index (χ4n) is 2.38. The molecule has 3 rings (SSSR count). The maximum absolute atomic E-state index is 12.7. The number of imidazole rings is 1. The van der Waals surface area contributed by atoms with Gasteiger partial charge in [-0.3, -0.25) is 9.36 Å². The number of nitriles is 1. The Morgan fingerprint density at radius 1 is 1.20 bits per heavy atom. The van der Waals surface area contributed by atoms with Crippen molar-refractivity contribution in [2.24, 2.45) is 0 Å². The molecule has 0 bridgehead atoms. The molecule has 1 heterocycles. The van der Waals surface area contributed by atoms with Crippen molar-refractivity contribution in [1.29, 1.82) is 5.26 Å². The van der Waals surface area contributed by atoms with Gasteiger partial charge in [-0.1, -0.05) is 36.0 Å². The van der Waals surface area contributed by atoms with Gasteiger partial charge in [0, 0.05) is 0 Å². The number of ether oxygens (including phenoxy) is 2. The molecule has 0 amide bonds. The minimum atomic E-state index is -0.264. The maximum Gasteiger partial charge on any atom is 0.271 e. The van der Waals surface area contributed by atoms with Crippen LogP contribution in [-0.2, 0) is 0 Å². The summed E-state index contributed by atoms with van der Waals surface area (Å²) >= 11 is 1.22. The molecule has 126 valence electrons. The molecule has 0 saturated heterocycles. The van der Waals surface area contributed by atoms with Crippen LogP contribution in [0.15, 0.2) is 53.7 Å². The fourth-order valence-corrected chi connectivity index (χ4v) is 3.07. The number of hydrogen-bond acceptors (Lipinski definition) is 6. The molecule has 0 spiro atoms. The Labute approximate surface area is 149 Å². The molecule has 1 aromatic heterocycles. The zero-order valence-corrected chi connectivity index (χ0v) is 14.3. The van der Waals surface area contributed by atoms with E-state index in [1.165, 1.54) is 16.3 Å². The minimum absolute atomic E-state index is 0.166. The van der Waals surface area contributed by atoms with Crippen LogP contribution in [0.4, 0.5) is 0 Å². The number of para-hydroxylation sites is 4. The predicted octanol–water partition coefficient (Wildman–Crippen LogP) is 3.38. The van der Waals surface area contributed by atoms with Gasteiger partial charge in [0.25, 0.3) is 5.91 Å². The van der Waals surface area contributed by atoms with Gasteiger partial charge in [-0.25, -0.2) is 4.98 Å². The van der Waals surface area contributed by atoms with E-state index >= 15 is 0 Å². The second-order valence-electron chi connectivity index (χ2n) is 5.00. The first-order chi connectivity index (χ1) is 12.2. The number of hydrogen-bond donors (Lipinski definition) is 0. The Balaban J connectivity index is 1.87. The molecule has 0 fully saturated rings. The van der Waals surface area contributed by atoms with E-state index in [0.29, 0.717) is 27.7 Å². The van der Waals surface area contributed by atoms with E-state index in [4.69, 9.17) is 14.7 Å². The molecule has 0 unspecified atom stereocenters. The molecule has 0 N–H and O–H groups in total. The number of benzene rings is 2. The summed E-state index contributed by atoms with van der Waals surface area (Å²) in [7, 11) is 1.55. The van der Waals surface area contributed by atoms with Crippen LogP contribution in [0.25, 0.3) is 11.0 Å². The first-order valence-corrected chi connectivity index (χ1v) is 8.49. The molecule has 0 saturated carbocycles. The monoisotopic (exact) mass is 353 g/mol. The summed E-state index contributed by atoms with van der Waals surface area (Å²) in [5.41, 5.74) is 1.39. The third kappa shape index (κ3) is 3.59. The number of aromatic nitrogens is 2. The van der Waals surface area contributed by atoms with Gasteiger partial charge >= 0.3 is 0 Å². The van der Waals surface area contributed by atoms with Crippen LogP contribution in [0.5, 0.6) is 11.5 Å². The van der Waals surface area contributed by atoms with Crippen molar-refractivity contribution in [2.75, 3.05) is 19.5 Å². The van der Waals surface area contributed by atoms with Crippen molar-refractivity contribution in [3.8, 4) is 17.6 Å². The van der Waals surface area contributed by atoms with E-state index < -0.39 is 0 Å². The zero-order chi connectivity index (χ0) is 17.6. The molecule has 0 aliphatic carbocycles. The molecule has 7 heteroatoms. The molecule has 6 nitrogen and oxygen atoms in total. The van der Waals surface area contributed by atoms with E-state index in [1.807, 2.05) is 36.4 Å². The van der Waals surface area contributed by atoms with Crippen molar-refractivity contribution >= 4 is 28.7 Å². The van der Waals surface area contributed by atoms with E-state index in [1.54, 1.807) is 19.2 Å². The quantitative estimate of drug-likeness (QED) is 0.632. The lowest BCUT2D eigenvalue weighted by Crippen LogP contribution is -2.20. The van der Waals surface area contributed by atoms with Gasteiger partial charge in [-0.05, 0) is 24.3 Å². The van der Waals surface area contributed by atoms with Crippen LogP contribution in [0, 0.1) is 11.3 Å². The fraction of sp³-hybridized carbons (Fsp3) is 0.167. The van der Waals surface area contributed by atoms with Crippen LogP contribution in [0.1, 0.15) is 4.79 Å². The lowest BCUT2D eigenvalue weighted by Gasteiger charge is -2.11. The molecular weight excluding hydrogens is 338 g/mol. The average Bonchev–Trinajstić information content (AvgIpc) is 3.03. The number of nitrogens with zero attached hydrogens (tertiary/aromatic N) is 3. The molecule has 0 aliphatic rings. The van der Waals surface area contributed by atoms with Crippen LogP contribution < -0.4 is 9.47 Å². The molecule has 3 aromatic rings. The molecule has 25 heavy (non-hydrogen) atoms. The Hall–Kier alpha value is -2.98. The molecule has 0 aliphatic heterocycles. The Kier molecular flexibility index (Phi) is 5.21. The third-order valence-corrected chi connectivity index (χ3v) is 4.27. The van der Waals surface area contributed by atoms with Crippen molar-refractivity contribution in [2.45, 2.75) is 5.16 Å². The van der Waals surface area contributed by atoms with E-state index in [9.17, 15) is 4.79 Å². The van der Waals surface area contributed by atoms with Crippen LogP contribution in [-0.4, -0.2) is 34.9 Å². The average molecular weight is 353 g/mol. The first kappa shape index (κ1) is 16.9. The Bertz CT molecular complexity index is 946. The summed E-state index contributed by atoms with van der Waals surface area (Å²) < 4.78 is 12.3. The largest absolute Gasteiger partial charge is 0.493 e. The SMILES string of the molecule is COc1ccccc1OCC(=O)n1c(SCC#N)nc2ccccc21. The van der Waals surface area contributed by atoms with Crippen molar-refractivity contribution in [3.05, 3.63) is 48.5 Å². The Morgan fingerprint density at radius 2 is 1.92 bits per heavy atom. The Morgan fingerprint density at radius 3 is 2.68 bits per heavy atom. The van der Waals surface area contributed by atoms with E-state index in [0.717, 1.165) is 0 Å². The minimum Gasteiger partial charge on any atom is -0.493 e. The summed E-state index contributed by atoms with van der Waals surface area (Å²) in [6.45, 7) is -0.166. The van der Waals surface area contributed by atoms with E-state index in [2.05, 4.69) is 11.1 Å². The number of rotatable bonds is 6. The molecule has 2 aromatic carbocycles. The second kappa shape index (κ2) is 7.73. The second-order valence-corrected chi connectivity index (χ2v) is 5.94. The van der Waals surface area contributed by atoms with Crippen molar-refractivity contribution in [3.63, 3.8) is 0 Å². The van der Waals surface area contributed by atoms with Crippen molar-refractivity contribution in [1.82, 2.24) is 9.55 Å². The standard InChI is InChI=1S/C18H15N3O3S/c1-23-15-8-4-5-9-16(15)24-12-17(22)21-14-7-3-2-6-13(14)20-18(21)25-11-10-19/h2-9H,11-12H2,1H3. The van der Waals surface area contributed by atoms with Gasteiger partial charge in [-0.2, -0.15) is 5.26 Å². The summed E-state index contributed by atoms with van der Waals surface area (Å²) in [4.78, 5) is 17.2. The normalized spacial score (nSPS) is 10.4. The van der Waals surface area contributed by atoms with Gasteiger partial charge in [-0.15, -0.1) is 0 Å². The van der Waals surface area contributed by atoms with Crippen LogP contribution in [0.2, 0.25) is 0 Å². The predicted molar refractivity (Wildman–Crippen MR) is 95.2 cm³/mol. The number of thioether (sulfide) groups is 1. The smallest absolute Gasteiger partial charge is 0.271 e. The van der Waals surface area contributed by atoms with Crippen molar-refractivity contribution < 1.29 is 14.3 Å². The van der Waals surface area contributed by atoms with Gasteiger partial charge < -0.3 is 9.47 Å². The van der Waals surface area contributed by atoms with Gasteiger partial charge in [0.1, 0.15) is 0 Å². The summed E-state index contributed by atoms with van der Waals surface area (Å²) in [5.74, 6) is 1.00. The highest BCUT2D eigenvalue weighted by Gasteiger charge is 2.18. The molecule has 0 radical (unpaired) electrons. The van der Waals surface area contributed by atoms with Gasteiger partial charge in [0.2, 0.25) is 0 Å². The van der Waals surface area contributed by atoms with Gasteiger partial charge in [0.15, 0.2) is 23.3 Å².